The molecule has 0 amide bonds. The minimum Gasteiger partial charge on any atom is -0.462 e. The zero-order valence-electron chi connectivity index (χ0n) is 8.59. The summed E-state index contributed by atoms with van der Waals surface area (Å²) in [5, 5.41) is 9.79. The van der Waals surface area contributed by atoms with Crippen molar-refractivity contribution in [2.45, 2.75) is 12.3 Å². The Bertz CT molecular complexity index is 454. The van der Waals surface area contributed by atoms with Crippen LogP contribution < -0.4 is 0 Å². The van der Waals surface area contributed by atoms with Crippen LogP contribution in [0.3, 0.4) is 0 Å². The van der Waals surface area contributed by atoms with E-state index in [-0.39, 0.29) is 0 Å². The van der Waals surface area contributed by atoms with E-state index in [0.29, 0.717) is 33.6 Å². The number of alkyl halides is 1. The van der Waals surface area contributed by atoms with Crippen molar-refractivity contribution < 1.29 is 9.53 Å². The number of carbonyl (C=O) groups is 1. The van der Waals surface area contributed by atoms with Gasteiger partial charge in [-0.15, -0.1) is 0 Å². The molecule has 0 heterocycles. The lowest BCUT2D eigenvalue weighted by Gasteiger charge is -2.07. The lowest BCUT2D eigenvalue weighted by atomic mass is 10.1. The Morgan fingerprint density at radius 3 is 2.81 bits per heavy atom. The molecule has 0 spiro atoms. The van der Waals surface area contributed by atoms with Crippen LogP contribution in [-0.4, -0.2) is 12.6 Å². The highest BCUT2D eigenvalue weighted by Crippen LogP contribution is 2.24. The third kappa shape index (κ3) is 2.75. The van der Waals surface area contributed by atoms with Crippen LogP contribution in [0.25, 0.3) is 0 Å². The summed E-state index contributed by atoms with van der Waals surface area (Å²) in [6.45, 7) is 2.01. The van der Waals surface area contributed by atoms with Crippen molar-refractivity contribution in [3.8, 4) is 6.07 Å². The highest BCUT2D eigenvalue weighted by molar-refractivity contribution is 9.08. The number of rotatable bonds is 3. The third-order valence-corrected chi connectivity index (χ3v) is 2.86. The second-order valence-electron chi connectivity index (χ2n) is 2.95. The van der Waals surface area contributed by atoms with E-state index in [2.05, 4.69) is 15.9 Å². The minimum atomic E-state index is -0.470. The smallest absolute Gasteiger partial charge is 0.338 e. The molecule has 0 aliphatic carbocycles. The quantitative estimate of drug-likeness (QED) is 0.636. The third-order valence-electron chi connectivity index (χ3n) is 1.96. The molecule has 84 valence electrons. The Morgan fingerprint density at radius 1 is 1.62 bits per heavy atom. The number of halogens is 2. The van der Waals surface area contributed by atoms with E-state index in [1.807, 2.05) is 6.07 Å². The predicted octanol–water partition coefficient (Wildman–Crippen LogP) is 3.28. The molecule has 0 fully saturated rings. The van der Waals surface area contributed by atoms with Gasteiger partial charge in [0, 0.05) is 10.4 Å². The van der Waals surface area contributed by atoms with E-state index in [1.165, 1.54) is 12.1 Å². The average molecular weight is 303 g/mol. The van der Waals surface area contributed by atoms with E-state index in [0.717, 1.165) is 0 Å². The molecule has 5 heteroatoms. The van der Waals surface area contributed by atoms with Crippen molar-refractivity contribution in [1.82, 2.24) is 0 Å². The Hall–Kier alpha value is -1.05. The van der Waals surface area contributed by atoms with Crippen molar-refractivity contribution in [2.24, 2.45) is 0 Å². The number of hydrogen-bond donors (Lipinski definition) is 0. The molecule has 0 radical (unpaired) electrons. The van der Waals surface area contributed by atoms with Gasteiger partial charge in [-0.1, -0.05) is 27.5 Å². The average Bonchev–Trinajstić information content (AvgIpc) is 2.28. The second kappa shape index (κ2) is 5.88. The number of nitrogens with zero attached hydrogens (tertiary/aromatic N) is 1. The van der Waals surface area contributed by atoms with Gasteiger partial charge >= 0.3 is 5.97 Å². The first-order chi connectivity index (χ1) is 7.63. The van der Waals surface area contributed by atoms with Gasteiger partial charge in [-0.3, -0.25) is 0 Å². The monoisotopic (exact) mass is 301 g/mol. The van der Waals surface area contributed by atoms with Crippen molar-refractivity contribution in [3.63, 3.8) is 0 Å². The minimum absolute atomic E-state index is 0.290. The van der Waals surface area contributed by atoms with Crippen LogP contribution in [0.15, 0.2) is 12.1 Å². The van der Waals surface area contributed by atoms with Gasteiger partial charge in [-0.2, -0.15) is 5.26 Å². The highest BCUT2D eigenvalue weighted by atomic mass is 79.9. The zero-order chi connectivity index (χ0) is 12.1. The summed E-state index contributed by atoms with van der Waals surface area (Å²) in [4.78, 5) is 11.5. The highest BCUT2D eigenvalue weighted by Gasteiger charge is 2.13. The van der Waals surface area contributed by atoms with Gasteiger partial charge in [0.15, 0.2) is 0 Å². The van der Waals surface area contributed by atoms with Crippen LogP contribution in [0.5, 0.6) is 0 Å². The normalized spacial score (nSPS) is 9.62. The summed E-state index contributed by atoms with van der Waals surface area (Å²) in [5.74, 6) is -0.470. The van der Waals surface area contributed by atoms with E-state index < -0.39 is 5.97 Å². The molecule has 3 nitrogen and oxygen atoms in total. The summed E-state index contributed by atoms with van der Waals surface area (Å²) in [6.07, 6.45) is 0. The largest absolute Gasteiger partial charge is 0.462 e. The SMILES string of the molecule is CCOC(=O)c1cc(Cl)c(CBr)c(C#N)c1. The molecule has 0 aliphatic heterocycles. The van der Waals surface area contributed by atoms with Gasteiger partial charge in [-0.25, -0.2) is 4.79 Å². The molecule has 1 aromatic carbocycles. The molecule has 0 atom stereocenters. The molecule has 1 aromatic rings. The Morgan fingerprint density at radius 2 is 2.31 bits per heavy atom. The number of hydrogen-bond acceptors (Lipinski definition) is 3. The molecule has 0 saturated heterocycles. The zero-order valence-corrected chi connectivity index (χ0v) is 10.9. The summed E-state index contributed by atoms with van der Waals surface area (Å²) in [7, 11) is 0. The van der Waals surface area contributed by atoms with Gasteiger partial charge in [0.05, 0.1) is 23.8 Å². The first kappa shape index (κ1) is 13.0. The fourth-order valence-corrected chi connectivity index (χ4v) is 2.26. The van der Waals surface area contributed by atoms with Crippen molar-refractivity contribution >= 4 is 33.5 Å². The Balaban J connectivity index is 3.21. The van der Waals surface area contributed by atoms with Gasteiger partial charge in [-0.05, 0) is 24.6 Å². The Kier molecular flexibility index (Phi) is 4.78. The molecule has 0 unspecified atom stereocenters. The number of esters is 1. The number of carbonyl (C=O) groups excluding carboxylic acids is 1. The molecule has 0 N–H and O–H groups in total. The van der Waals surface area contributed by atoms with Crippen LogP contribution >= 0.6 is 27.5 Å². The lowest BCUT2D eigenvalue weighted by molar-refractivity contribution is 0.0526. The topological polar surface area (TPSA) is 50.1 Å². The van der Waals surface area contributed by atoms with Gasteiger partial charge in [0.1, 0.15) is 0 Å². The van der Waals surface area contributed by atoms with E-state index in [9.17, 15) is 4.79 Å². The molecule has 0 saturated carbocycles. The summed E-state index contributed by atoms with van der Waals surface area (Å²) < 4.78 is 4.84. The molecule has 1 rings (SSSR count). The van der Waals surface area contributed by atoms with Gasteiger partial charge in [0.2, 0.25) is 0 Å². The van der Waals surface area contributed by atoms with Crippen LogP contribution in [0, 0.1) is 11.3 Å². The van der Waals surface area contributed by atoms with E-state index >= 15 is 0 Å². The number of benzene rings is 1. The number of nitriles is 1. The molecule has 0 aliphatic rings. The molecular formula is C11H9BrClNO2. The van der Waals surface area contributed by atoms with Crippen molar-refractivity contribution in [2.75, 3.05) is 6.61 Å². The molecule has 0 aromatic heterocycles. The first-order valence-electron chi connectivity index (χ1n) is 4.59. The maximum Gasteiger partial charge on any atom is 0.338 e. The maximum atomic E-state index is 11.5. The maximum absolute atomic E-state index is 11.5. The molecular weight excluding hydrogens is 293 g/mol. The van der Waals surface area contributed by atoms with Crippen molar-refractivity contribution in [1.29, 1.82) is 5.26 Å². The van der Waals surface area contributed by atoms with E-state index in [4.69, 9.17) is 21.6 Å². The van der Waals surface area contributed by atoms with Crippen LogP contribution in [0.1, 0.15) is 28.4 Å². The van der Waals surface area contributed by atoms with Gasteiger partial charge < -0.3 is 4.74 Å². The van der Waals surface area contributed by atoms with Crippen LogP contribution in [0.2, 0.25) is 5.02 Å². The lowest BCUT2D eigenvalue weighted by Crippen LogP contribution is -2.06. The first-order valence-corrected chi connectivity index (χ1v) is 6.09. The summed E-state index contributed by atoms with van der Waals surface area (Å²) in [5.41, 5.74) is 1.36. The molecule has 16 heavy (non-hydrogen) atoms. The van der Waals surface area contributed by atoms with Crippen LogP contribution in [0.4, 0.5) is 0 Å². The fourth-order valence-electron chi connectivity index (χ4n) is 1.20. The second-order valence-corrected chi connectivity index (χ2v) is 3.92. The standard InChI is InChI=1S/C11H9BrClNO2/c1-2-16-11(15)7-3-8(6-14)9(5-12)10(13)4-7/h3-4H,2,5H2,1H3. The fraction of sp³-hybridized carbons (Fsp3) is 0.273. The number of ether oxygens (including phenoxy) is 1. The van der Waals surface area contributed by atoms with E-state index in [1.54, 1.807) is 6.92 Å². The van der Waals surface area contributed by atoms with Crippen molar-refractivity contribution in [3.05, 3.63) is 33.8 Å². The Labute approximate surface area is 107 Å². The summed E-state index contributed by atoms with van der Waals surface area (Å²) in [6, 6.07) is 5.00. The van der Waals surface area contributed by atoms with Gasteiger partial charge in [0.25, 0.3) is 0 Å². The predicted molar refractivity (Wildman–Crippen MR) is 64.8 cm³/mol. The summed E-state index contributed by atoms with van der Waals surface area (Å²) >= 11 is 9.21. The van der Waals surface area contributed by atoms with Crippen LogP contribution in [-0.2, 0) is 10.1 Å². The molecule has 0 bridgehead atoms.